The fraction of sp³-hybridized carbons (Fsp3) is 0.462. The molecular formula is C13H18N2. The summed E-state index contributed by atoms with van der Waals surface area (Å²) in [6.45, 7) is 6.61. The van der Waals surface area contributed by atoms with Gasteiger partial charge in [-0.05, 0) is 50.4 Å². The Morgan fingerprint density at radius 3 is 2.53 bits per heavy atom. The maximum Gasteiger partial charge on any atom is 0.0766 e. The molecule has 0 saturated carbocycles. The second kappa shape index (κ2) is 4.46. The number of hydrogen-bond donors (Lipinski definition) is 1. The van der Waals surface area contributed by atoms with Crippen LogP contribution in [-0.4, -0.2) is 6.54 Å². The van der Waals surface area contributed by atoms with Crippen LogP contribution >= 0.6 is 0 Å². The van der Waals surface area contributed by atoms with E-state index in [9.17, 15) is 0 Å². The molecule has 1 aromatic rings. The van der Waals surface area contributed by atoms with Crippen LogP contribution in [0.15, 0.2) is 18.2 Å². The monoisotopic (exact) mass is 202 g/mol. The molecule has 0 bridgehead atoms. The highest BCUT2D eigenvalue weighted by atomic mass is 14.5. The summed E-state index contributed by atoms with van der Waals surface area (Å²) in [5, 5.41) is 9.04. The molecule has 0 fully saturated rings. The predicted octanol–water partition coefficient (Wildman–Crippen LogP) is 2.30. The molecule has 0 heterocycles. The molecule has 0 aliphatic heterocycles. The van der Waals surface area contributed by atoms with Gasteiger partial charge in [0.25, 0.3) is 0 Å². The molecule has 2 N–H and O–H groups in total. The van der Waals surface area contributed by atoms with Gasteiger partial charge < -0.3 is 5.73 Å². The predicted molar refractivity (Wildman–Crippen MR) is 62.6 cm³/mol. The molecule has 2 nitrogen and oxygen atoms in total. The first-order chi connectivity index (χ1) is 7.01. The van der Waals surface area contributed by atoms with Crippen molar-refractivity contribution >= 4 is 0 Å². The summed E-state index contributed by atoms with van der Waals surface area (Å²) in [4.78, 5) is 0. The van der Waals surface area contributed by atoms with Gasteiger partial charge in [0.2, 0.25) is 0 Å². The first-order valence-corrected chi connectivity index (χ1v) is 5.22. The molecule has 0 aliphatic carbocycles. The Kier molecular flexibility index (Phi) is 3.49. The van der Waals surface area contributed by atoms with Crippen molar-refractivity contribution in [1.82, 2.24) is 0 Å². The Bertz CT molecular complexity index is 386. The third-order valence-electron chi connectivity index (χ3n) is 2.76. The lowest BCUT2D eigenvalue weighted by molar-refractivity contribution is 0.685. The van der Waals surface area contributed by atoms with E-state index < -0.39 is 5.41 Å². The van der Waals surface area contributed by atoms with Gasteiger partial charge in [-0.15, -0.1) is 0 Å². The van der Waals surface area contributed by atoms with Crippen LogP contribution in [0.1, 0.15) is 30.5 Å². The van der Waals surface area contributed by atoms with Gasteiger partial charge in [0, 0.05) is 0 Å². The van der Waals surface area contributed by atoms with E-state index in [1.807, 2.05) is 19.9 Å². The molecule has 0 unspecified atom stereocenters. The van der Waals surface area contributed by atoms with Crippen LogP contribution in [0, 0.1) is 18.3 Å². The Hall–Kier alpha value is -1.33. The molecule has 0 saturated heterocycles. The van der Waals surface area contributed by atoms with Gasteiger partial charge in [-0.2, -0.15) is 5.26 Å². The largest absolute Gasteiger partial charge is 0.330 e. The third kappa shape index (κ3) is 2.57. The number of rotatable bonds is 3. The first kappa shape index (κ1) is 11.7. The number of aryl methyl sites for hydroxylation is 1. The van der Waals surface area contributed by atoms with Crippen molar-refractivity contribution in [3.05, 3.63) is 34.9 Å². The van der Waals surface area contributed by atoms with Crippen molar-refractivity contribution in [2.75, 3.05) is 6.54 Å². The van der Waals surface area contributed by atoms with Crippen molar-refractivity contribution in [3.63, 3.8) is 0 Å². The number of nitrogens with zero attached hydrogens (tertiary/aromatic N) is 1. The van der Waals surface area contributed by atoms with E-state index in [-0.39, 0.29) is 0 Å². The smallest absolute Gasteiger partial charge is 0.0766 e. The second-order valence-electron chi connectivity index (χ2n) is 4.42. The van der Waals surface area contributed by atoms with Crippen molar-refractivity contribution in [2.24, 2.45) is 5.73 Å². The van der Waals surface area contributed by atoms with Gasteiger partial charge >= 0.3 is 0 Å². The average Bonchev–Trinajstić information content (AvgIpc) is 2.21. The summed E-state index contributed by atoms with van der Waals surface area (Å²) in [5.74, 6) is 0. The topological polar surface area (TPSA) is 49.8 Å². The molecule has 80 valence electrons. The standard InChI is InChI=1S/C13H18N2/c1-10-8-12(13(2,3)9-15)5-4-11(10)6-7-14/h4-5,8H,6-7,14H2,1-3H3. The molecule has 0 atom stereocenters. The second-order valence-corrected chi connectivity index (χ2v) is 4.42. The Labute approximate surface area is 91.7 Å². The lowest BCUT2D eigenvalue weighted by atomic mass is 9.84. The minimum Gasteiger partial charge on any atom is -0.330 e. The molecule has 15 heavy (non-hydrogen) atoms. The van der Waals surface area contributed by atoms with Crippen LogP contribution in [-0.2, 0) is 11.8 Å². The summed E-state index contributed by atoms with van der Waals surface area (Å²) < 4.78 is 0. The minimum atomic E-state index is -0.411. The third-order valence-corrected chi connectivity index (χ3v) is 2.76. The summed E-state index contributed by atoms with van der Waals surface area (Å²) in [6, 6.07) is 8.51. The van der Waals surface area contributed by atoms with Crippen LogP contribution in [0.2, 0.25) is 0 Å². The van der Waals surface area contributed by atoms with E-state index in [4.69, 9.17) is 11.0 Å². The van der Waals surface area contributed by atoms with Gasteiger partial charge in [-0.25, -0.2) is 0 Å². The molecule has 0 aliphatic rings. The van der Waals surface area contributed by atoms with Crippen molar-refractivity contribution < 1.29 is 0 Å². The molecule has 1 aromatic carbocycles. The van der Waals surface area contributed by atoms with Gasteiger partial charge in [0.05, 0.1) is 11.5 Å². The number of hydrogen-bond acceptors (Lipinski definition) is 2. The van der Waals surface area contributed by atoms with E-state index >= 15 is 0 Å². The van der Waals surface area contributed by atoms with E-state index in [0.29, 0.717) is 6.54 Å². The number of nitriles is 1. The van der Waals surface area contributed by atoms with Gasteiger partial charge in [0.15, 0.2) is 0 Å². The molecule has 0 radical (unpaired) electrons. The molecule has 0 amide bonds. The lowest BCUT2D eigenvalue weighted by Crippen LogP contribution is -2.14. The Balaban J connectivity index is 3.08. The van der Waals surface area contributed by atoms with E-state index in [2.05, 4.69) is 25.1 Å². The number of nitrogens with two attached hydrogens (primary N) is 1. The Morgan fingerprint density at radius 1 is 1.40 bits per heavy atom. The zero-order chi connectivity index (χ0) is 11.5. The normalized spacial score (nSPS) is 11.1. The zero-order valence-corrected chi connectivity index (χ0v) is 9.67. The highest BCUT2D eigenvalue weighted by molar-refractivity contribution is 5.37. The maximum atomic E-state index is 9.04. The zero-order valence-electron chi connectivity index (χ0n) is 9.67. The molecule has 0 spiro atoms. The summed E-state index contributed by atoms with van der Waals surface area (Å²) in [5.41, 5.74) is 8.69. The lowest BCUT2D eigenvalue weighted by Gasteiger charge is -2.17. The molecule has 2 heteroatoms. The van der Waals surface area contributed by atoms with Crippen molar-refractivity contribution in [1.29, 1.82) is 5.26 Å². The van der Waals surface area contributed by atoms with Crippen LogP contribution in [0.25, 0.3) is 0 Å². The highest BCUT2D eigenvalue weighted by Crippen LogP contribution is 2.24. The van der Waals surface area contributed by atoms with Crippen molar-refractivity contribution in [3.8, 4) is 6.07 Å². The summed E-state index contributed by atoms with van der Waals surface area (Å²) in [7, 11) is 0. The van der Waals surface area contributed by atoms with Gasteiger partial charge in [-0.1, -0.05) is 18.2 Å². The highest BCUT2D eigenvalue weighted by Gasteiger charge is 2.19. The van der Waals surface area contributed by atoms with Crippen LogP contribution in [0.4, 0.5) is 0 Å². The van der Waals surface area contributed by atoms with Crippen LogP contribution < -0.4 is 5.73 Å². The summed E-state index contributed by atoms with van der Waals surface area (Å²) in [6.07, 6.45) is 0.902. The molecular weight excluding hydrogens is 184 g/mol. The van der Waals surface area contributed by atoms with Gasteiger partial charge in [0.1, 0.15) is 0 Å². The van der Waals surface area contributed by atoms with E-state index in [1.54, 1.807) is 0 Å². The summed E-state index contributed by atoms with van der Waals surface area (Å²) >= 11 is 0. The fourth-order valence-corrected chi connectivity index (χ4v) is 1.59. The maximum absolute atomic E-state index is 9.04. The average molecular weight is 202 g/mol. The van der Waals surface area contributed by atoms with Crippen LogP contribution in [0.5, 0.6) is 0 Å². The van der Waals surface area contributed by atoms with Crippen molar-refractivity contribution in [2.45, 2.75) is 32.6 Å². The van der Waals surface area contributed by atoms with Gasteiger partial charge in [-0.3, -0.25) is 0 Å². The minimum absolute atomic E-state index is 0.411. The molecule has 0 aromatic heterocycles. The van der Waals surface area contributed by atoms with E-state index in [0.717, 1.165) is 12.0 Å². The van der Waals surface area contributed by atoms with E-state index in [1.165, 1.54) is 11.1 Å². The first-order valence-electron chi connectivity index (χ1n) is 5.22. The fourth-order valence-electron chi connectivity index (χ4n) is 1.59. The number of benzene rings is 1. The van der Waals surface area contributed by atoms with Crippen LogP contribution in [0.3, 0.4) is 0 Å². The SMILES string of the molecule is Cc1cc(C(C)(C)C#N)ccc1CCN. The molecule has 1 rings (SSSR count). The Morgan fingerprint density at radius 2 is 2.07 bits per heavy atom. The quantitative estimate of drug-likeness (QED) is 0.817.